The lowest BCUT2D eigenvalue weighted by molar-refractivity contribution is 0.482. The van der Waals surface area contributed by atoms with E-state index in [9.17, 15) is 5.11 Å². The van der Waals surface area contributed by atoms with Gasteiger partial charge in [0.1, 0.15) is 5.75 Å². The Morgan fingerprint density at radius 3 is 2.73 bits per heavy atom. The average Bonchev–Trinajstić information content (AvgIpc) is 2.59. The first-order valence-electron chi connectivity index (χ1n) is 4.73. The highest BCUT2D eigenvalue weighted by Gasteiger charge is 2.08. The van der Waals surface area contributed by atoms with Gasteiger partial charge in [-0.2, -0.15) is 0 Å². The van der Waals surface area contributed by atoms with Crippen LogP contribution < -0.4 is 0 Å². The monoisotopic (exact) mass is 215 g/mol. The molecule has 1 aromatic heterocycles. The predicted molar refractivity (Wildman–Crippen MR) is 63.5 cm³/mol. The zero-order valence-corrected chi connectivity index (χ0v) is 9.01. The second-order valence-electron chi connectivity index (χ2n) is 3.52. The third-order valence-electron chi connectivity index (χ3n) is 2.49. The largest absolute Gasteiger partial charge is 0.507 e. The number of hydrogen-bond acceptors (Lipinski definition) is 3. The number of thiazole rings is 1. The molecule has 0 spiro atoms. The van der Waals surface area contributed by atoms with Crippen LogP contribution in [0.15, 0.2) is 30.3 Å². The molecule has 3 rings (SSSR count). The molecule has 2 aromatic carbocycles. The molecule has 0 atom stereocenters. The lowest BCUT2D eigenvalue weighted by atomic mass is 10.1. The van der Waals surface area contributed by atoms with E-state index in [1.165, 1.54) is 0 Å². The van der Waals surface area contributed by atoms with E-state index in [-0.39, 0.29) is 0 Å². The van der Waals surface area contributed by atoms with Crippen molar-refractivity contribution in [2.24, 2.45) is 0 Å². The SMILES string of the molecule is Cc1nc2c(cc(O)c3ccccc32)s1. The molecule has 1 heterocycles. The summed E-state index contributed by atoms with van der Waals surface area (Å²) < 4.78 is 1.05. The van der Waals surface area contributed by atoms with Gasteiger partial charge in [0.05, 0.1) is 15.2 Å². The molecule has 1 N–H and O–H groups in total. The highest BCUT2D eigenvalue weighted by Crippen LogP contribution is 2.34. The van der Waals surface area contributed by atoms with Crippen molar-refractivity contribution in [3.8, 4) is 5.75 Å². The molecule has 0 fully saturated rings. The topological polar surface area (TPSA) is 33.1 Å². The number of aryl methyl sites for hydroxylation is 1. The van der Waals surface area contributed by atoms with Crippen LogP contribution in [0.1, 0.15) is 5.01 Å². The molecule has 0 radical (unpaired) electrons. The standard InChI is InChI=1S/C12H9NOS/c1-7-13-12-9-5-3-2-4-8(9)10(14)6-11(12)15-7/h2-6,14H,1H3. The predicted octanol–water partition coefficient (Wildman–Crippen LogP) is 3.46. The van der Waals surface area contributed by atoms with Gasteiger partial charge < -0.3 is 5.11 Å². The maximum Gasteiger partial charge on any atom is 0.124 e. The van der Waals surface area contributed by atoms with E-state index in [0.29, 0.717) is 5.75 Å². The first-order valence-corrected chi connectivity index (χ1v) is 5.55. The van der Waals surface area contributed by atoms with Gasteiger partial charge in [-0.05, 0) is 13.0 Å². The zero-order valence-electron chi connectivity index (χ0n) is 8.19. The van der Waals surface area contributed by atoms with Crippen molar-refractivity contribution in [2.75, 3.05) is 0 Å². The third kappa shape index (κ3) is 1.20. The Balaban J connectivity index is 2.62. The van der Waals surface area contributed by atoms with Crippen molar-refractivity contribution < 1.29 is 5.11 Å². The van der Waals surface area contributed by atoms with E-state index in [1.807, 2.05) is 31.2 Å². The van der Waals surface area contributed by atoms with E-state index in [4.69, 9.17) is 0 Å². The normalized spacial score (nSPS) is 11.3. The molecule has 0 aliphatic heterocycles. The van der Waals surface area contributed by atoms with Crippen molar-refractivity contribution in [3.05, 3.63) is 35.3 Å². The van der Waals surface area contributed by atoms with Crippen LogP contribution in [0, 0.1) is 6.92 Å². The van der Waals surface area contributed by atoms with Gasteiger partial charge in [0.25, 0.3) is 0 Å². The lowest BCUT2D eigenvalue weighted by Crippen LogP contribution is -1.76. The maximum absolute atomic E-state index is 9.86. The first-order chi connectivity index (χ1) is 7.25. The van der Waals surface area contributed by atoms with Gasteiger partial charge in [-0.25, -0.2) is 4.98 Å². The molecule has 2 nitrogen and oxygen atoms in total. The van der Waals surface area contributed by atoms with Crippen molar-refractivity contribution >= 4 is 32.3 Å². The molecule has 0 aliphatic rings. The Kier molecular flexibility index (Phi) is 1.70. The Hall–Kier alpha value is -1.61. The molecular weight excluding hydrogens is 206 g/mol. The highest BCUT2D eigenvalue weighted by molar-refractivity contribution is 7.18. The Bertz CT molecular complexity index is 657. The molecule has 0 aliphatic carbocycles. The number of benzene rings is 2. The maximum atomic E-state index is 9.86. The zero-order chi connectivity index (χ0) is 10.4. The quantitative estimate of drug-likeness (QED) is 0.623. The molecule has 74 valence electrons. The minimum absolute atomic E-state index is 0.335. The molecule has 0 saturated carbocycles. The van der Waals surface area contributed by atoms with Crippen LogP contribution in [0.4, 0.5) is 0 Å². The fraction of sp³-hybridized carbons (Fsp3) is 0.0833. The number of phenolic OH excluding ortho intramolecular Hbond substituents is 1. The van der Waals surface area contributed by atoms with Crippen LogP contribution in [0.25, 0.3) is 21.0 Å². The molecule has 0 unspecified atom stereocenters. The minimum atomic E-state index is 0.335. The summed E-state index contributed by atoms with van der Waals surface area (Å²) in [5, 5.41) is 12.8. The molecular formula is C12H9NOS. The van der Waals surface area contributed by atoms with Crippen molar-refractivity contribution in [2.45, 2.75) is 6.92 Å². The number of fused-ring (bicyclic) bond motifs is 3. The summed E-state index contributed by atoms with van der Waals surface area (Å²) in [5.41, 5.74) is 0.992. The van der Waals surface area contributed by atoms with E-state index in [0.717, 1.165) is 26.0 Å². The van der Waals surface area contributed by atoms with Crippen LogP contribution in [0.2, 0.25) is 0 Å². The van der Waals surface area contributed by atoms with E-state index >= 15 is 0 Å². The van der Waals surface area contributed by atoms with Gasteiger partial charge in [-0.15, -0.1) is 11.3 Å². The number of phenols is 1. The van der Waals surface area contributed by atoms with Gasteiger partial charge in [0, 0.05) is 10.8 Å². The molecule has 0 amide bonds. The summed E-state index contributed by atoms with van der Waals surface area (Å²) in [6.45, 7) is 1.98. The average molecular weight is 215 g/mol. The Morgan fingerprint density at radius 1 is 1.20 bits per heavy atom. The summed E-state index contributed by atoms with van der Waals surface area (Å²) in [5.74, 6) is 0.335. The fourth-order valence-corrected chi connectivity index (χ4v) is 2.73. The van der Waals surface area contributed by atoms with Gasteiger partial charge in [-0.3, -0.25) is 0 Å². The number of aromatic nitrogens is 1. The first kappa shape index (κ1) is 8.68. The van der Waals surface area contributed by atoms with Gasteiger partial charge in [0.15, 0.2) is 0 Å². The van der Waals surface area contributed by atoms with Crippen LogP contribution in [-0.2, 0) is 0 Å². The van der Waals surface area contributed by atoms with Crippen LogP contribution in [0.5, 0.6) is 5.75 Å². The van der Waals surface area contributed by atoms with Crippen molar-refractivity contribution in [3.63, 3.8) is 0 Å². The molecule has 15 heavy (non-hydrogen) atoms. The smallest absolute Gasteiger partial charge is 0.124 e. The molecule has 0 bridgehead atoms. The summed E-state index contributed by atoms with van der Waals surface area (Å²) in [7, 11) is 0. The van der Waals surface area contributed by atoms with Gasteiger partial charge in [-0.1, -0.05) is 24.3 Å². The van der Waals surface area contributed by atoms with Gasteiger partial charge >= 0.3 is 0 Å². The second kappa shape index (κ2) is 2.94. The van der Waals surface area contributed by atoms with E-state index in [1.54, 1.807) is 17.4 Å². The summed E-state index contributed by atoms with van der Waals surface area (Å²) in [4.78, 5) is 4.49. The summed E-state index contributed by atoms with van der Waals surface area (Å²) >= 11 is 1.61. The van der Waals surface area contributed by atoms with Crippen LogP contribution in [0.3, 0.4) is 0 Å². The molecule has 3 aromatic rings. The fourth-order valence-electron chi connectivity index (χ4n) is 1.85. The Morgan fingerprint density at radius 2 is 1.93 bits per heavy atom. The third-order valence-corrected chi connectivity index (χ3v) is 3.40. The molecule has 3 heteroatoms. The lowest BCUT2D eigenvalue weighted by Gasteiger charge is -2.00. The van der Waals surface area contributed by atoms with Crippen LogP contribution in [-0.4, -0.2) is 10.1 Å². The van der Waals surface area contributed by atoms with Crippen molar-refractivity contribution in [1.29, 1.82) is 0 Å². The number of nitrogens with zero attached hydrogens (tertiary/aromatic N) is 1. The van der Waals surface area contributed by atoms with E-state index < -0.39 is 0 Å². The van der Waals surface area contributed by atoms with Gasteiger partial charge in [0.2, 0.25) is 0 Å². The Labute approximate surface area is 90.8 Å². The number of aromatic hydroxyl groups is 1. The second-order valence-corrected chi connectivity index (χ2v) is 4.76. The number of hydrogen-bond donors (Lipinski definition) is 1. The summed E-state index contributed by atoms with van der Waals surface area (Å²) in [6.07, 6.45) is 0. The van der Waals surface area contributed by atoms with Crippen molar-refractivity contribution in [1.82, 2.24) is 4.98 Å². The molecule has 0 saturated heterocycles. The highest BCUT2D eigenvalue weighted by atomic mass is 32.1. The van der Waals surface area contributed by atoms with E-state index in [2.05, 4.69) is 4.98 Å². The minimum Gasteiger partial charge on any atom is -0.507 e. The van der Waals surface area contributed by atoms with Crippen LogP contribution >= 0.6 is 11.3 Å². The summed E-state index contributed by atoms with van der Waals surface area (Å²) in [6, 6.07) is 9.60. The number of rotatable bonds is 0.